The van der Waals surface area contributed by atoms with E-state index in [1.807, 2.05) is 11.8 Å². The van der Waals surface area contributed by atoms with Crippen LogP contribution in [-0.4, -0.2) is 41.0 Å². The first-order valence-corrected chi connectivity index (χ1v) is 6.58. The Balaban J connectivity index is -0.00000112. The topological polar surface area (TPSA) is 102 Å². The van der Waals surface area contributed by atoms with E-state index in [0.29, 0.717) is 25.2 Å². The monoisotopic (exact) mass is 319 g/mol. The van der Waals surface area contributed by atoms with Gasteiger partial charge in [0.05, 0.1) is 5.84 Å². The quantitative estimate of drug-likeness (QED) is 0.340. The predicted octanol–water partition coefficient (Wildman–Crippen LogP) is 1.52. The molecule has 0 amide bonds. The molecule has 0 aliphatic heterocycles. The van der Waals surface area contributed by atoms with Crippen molar-refractivity contribution in [1.82, 2.24) is 0 Å². The molecule has 0 spiro atoms. The van der Waals surface area contributed by atoms with Crippen LogP contribution in [0.1, 0.15) is 26.2 Å². The number of thioether (sulfide) groups is 1. The molecule has 8 heteroatoms. The minimum absolute atomic E-state index is 0. The van der Waals surface area contributed by atoms with E-state index >= 15 is 0 Å². The van der Waals surface area contributed by atoms with Gasteiger partial charge in [0.15, 0.2) is 0 Å². The molecule has 18 heavy (non-hydrogen) atoms. The number of aliphatic imine (C=N–C) groups is 1. The number of halogens is 2. The Hall–Kier alpha value is -0.170. The Morgan fingerprint density at radius 3 is 2.56 bits per heavy atom. The second-order valence-corrected chi connectivity index (χ2v) is 4.80. The normalized spacial score (nSPS) is 12.2. The van der Waals surface area contributed by atoms with E-state index < -0.39 is 12.0 Å². The minimum atomic E-state index is -0.962. The average molecular weight is 320 g/mol. The lowest BCUT2D eigenvalue weighted by atomic mass is 10.2. The third kappa shape index (κ3) is 13.9. The van der Waals surface area contributed by atoms with Gasteiger partial charge in [-0.3, -0.25) is 9.79 Å². The summed E-state index contributed by atoms with van der Waals surface area (Å²) in [6.07, 6.45) is 1.90. The van der Waals surface area contributed by atoms with Crippen LogP contribution in [0.25, 0.3) is 0 Å². The van der Waals surface area contributed by atoms with Gasteiger partial charge >= 0.3 is 5.97 Å². The number of carboxylic acid groups (broad SMARTS) is 1. The molecular formula is C10H23Cl2N3O2S. The number of carboxylic acids is 1. The van der Waals surface area contributed by atoms with Crippen LogP contribution >= 0.6 is 36.6 Å². The first-order chi connectivity index (χ1) is 7.57. The first-order valence-electron chi connectivity index (χ1n) is 5.42. The predicted molar refractivity (Wildman–Crippen MR) is 83.4 cm³/mol. The van der Waals surface area contributed by atoms with E-state index in [9.17, 15) is 4.79 Å². The summed E-state index contributed by atoms with van der Waals surface area (Å²) in [5.41, 5.74) is 11.0. The van der Waals surface area contributed by atoms with Crippen molar-refractivity contribution in [2.45, 2.75) is 32.2 Å². The second kappa shape index (κ2) is 14.9. The summed E-state index contributed by atoms with van der Waals surface area (Å²) < 4.78 is 0. The van der Waals surface area contributed by atoms with Crippen LogP contribution < -0.4 is 11.5 Å². The van der Waals surface area contributed by atoms with Gasteiger partial charge in [-0.05, 0) is 18.6 Å². The van der Waals surface area contributed by atoms with Crippen molar-refractivity contribution in [1.29, 1.82) is 0 Å². The maximum absolute atomic E-state index is 10.4. The Morgan fingerprint density at radius 2 is 2.06 bits per heavy atom. The lowest BCUT2D eigenvalue weighted by Crippen LogP contribution is -2.30. The number of amidine groups is 1. The molecule has 0 aromatic heterocycles. The van der Waals surface area contributed by atoms with Gasteiger partial charge in [-0.1, -0.05) is 6.92 Å². The van der Waals surface area contributed by atoms with E-state index in [-0.39, 0.29) is 24.8 Å². The molecule has 0 radical (unpaired) electrons. The number of aliphatic carboxylic acids is 1. The van der Waals surface area contributed by atoms with Crippen LogP contribution in [-0.2, 0) is 4.79 Å². The maximum atomic E-state index is 10.4. The molecule has 0 bridgehead atoms. The Morgan fingerprint density at radius 1 is 1.44 bits per heavy atom. The zero-order valence-electron chi connectivity index (χ0n) is 10.5. The van der Waals surface area contributed by atoms with E-state index in [4.69, 9.17) is 16.6 Å². The molecule has 0 heterocycles. The highest BCUT2D eigenvalue weighted by atomic mass is 35.5. The average Bonchev–Trinajstić information content (AvgIpc) is 2.24. The molecule has 0 fully saturated rings. The minimum Gasteiger partial charge on any atom is -0.480 e. The van der Waals surface area contributed by atoms with Crippen molar-refractivity contribution in [2.75, 3.05) is 18.1 Å². The third-order valence-electron chi connectivity index (χ3n) is 2.01. The molecule has 0 aliphatic carbocycles. The second-order valence-electron chi connectivity index (χ2n) is 3.41. The molecule has 0 unspecified atom stereocenters. The highest BCUT2D eigenvalue weighted by Crippen LogP contribution is 2.01. The molecule has 5 nitrogen and oxygen atoms in total. The van der Waals surface area contributed by atoms with Gasteiger partial charge in [0.25, 0.3) is 0 Å². The number of rotatable bonds is 9. The molecule has 0 saturated heterocycles. The first kappa shape index (κ1) is 23.0. The van der Waals surface area contributed by atoms with Crippen LogP contribution in [0.3, 0.4) is 0 Å². The van der Waals surface area contributed by atoms with Crippen LogP contribution in [0.2, 0.25) is 0 Å². The maximum Gasteiger partial charge on any atom is 0.320 e. The van der Waals surface area contributed by atoms with E-state index in [2.05, 4.69) is 11.9 Å². The number of nitrogens with two attached hydrogens (primary N) is 2. The zero-order valence-corrected chi connectivity index (χ0v) is 13.0. The number of nitrogens with zero attached hydrogens (tertiary/aromatic N) is 1. The highest BCUT2D eigenvalue weighted by Gasteiger charge is 2.09. The van der Waals surface area contributed by atoms with Crippen LogP contribution in [0.4, 0.5) is 0 Å². The van der Waals surface area contributed by atoms with Gasteiger partial charge in [-0.15, -0.1) is 24.8 Å². The number of hydrogen-bond acceptors (Lipinski definition) is 4. The van der Waals surface area contributed by atoms with Crippen molar-refractivity contribution in [3.05, 3.63) is 0 Å². The fraction of sp³-hybridized carbons (Fsp3) is 0.800. The van der Waals surface area contributed by atoms with Gasteiger partial charge in [-0.25, -0.2) is 0 Å². The van der Waals surface area contributed by atoms with Gasteiger partial charge in [0, 0.05) is 18.7 Å². The zero-order chi connectivity index (χ0) is 12.4. The van der Waals surface area contributed by atoms with E-state index in [1.54, 1.807) is 0 Å². The molecule has 0 rings (SSSR count). The van der Waals surface area contributed by atoms with Crippen molar-refractivity contribution in [3.8, 4) is 0 Å². The van der Waals surface area contributed by atoms with Crippen molar-refractivity contribution in [2.24, 2.45) is 16.5 Å². The van der Waals surface area contributed by atoms with Crippen molar-refractivity contribution >= 4 is 48.4 Å². The molecule has 110 valence electrons. The lowest BCUT2D eigenvalue weighted by molar-refractivity contribution is -0.138. The van der Waals surface area contributed by atoms with Crippen molar-refractivity contribution < 1.29 is 9.90 Å². The summed E-state index contributed by atoms with van der Waals surface area (Å²) in [7, 11) is 0. The van der Waals surface area contributed by atoms with Crippen LogP contribution in [0.5, 0.6) is 0 Å². The highest BCUT2D eigenvalue weighted by molar-refractivity contribution is 7.99. The fourth-order valence-corrected chi connectivity index (χ4v) is 1.70. The fourth-order valence-electron chi connectivity index (χ4n) is 1.06. The van der Waals surface area contributed by atoms with Crippen LogP contribution in [0, 0.1) is 0 Å². The van der Waals surface area contributed by atoms with Gasteiger partial charge in [-0.2, -0.15) is 11.8 Å². The summed E-state index contributed by atoms with van der Waals surface area (Å²) in [5, 5.41) is 8.55. The summed E-state index contributed by atoms with van der Waals surface area (Å²) in [4.78, 5) is 14.6. The Kier molecular flexibility index (Phi) is 19.0. The summed E-state index contributed by atoms with van der Waals surface area (Å²) in [6.45, 7) is 2.66. The number of carbonyl (C=O) groups is 1. The smallest absolute Gasteiger partial charge is 0.320 e. The molecular weight excluding hydrogens is 297 g/mol. The molecule has 1 atom stereocenters. The van der Waals surface area contributed by atoms with Gasteiger partial charge in [0.1, 0.15) is 6.04 Å². The Labute approximate surface area is 125 Å². The standard InChI is InChI=1S/C10H21N3O2S.2ClH/c1-2-16-7-5-9(12)13-6-3-4-8(11)10(14)15;;/h8H,2-7,11H2,1H3,(H2,12,13)(H,14,15);2*1H/t8-;;/m0../s1. The largest absolute Gasteiger partial charge is 0.480 e. The molecule has 0 aliphatic rings. The van der Waals surface area contributed by atoms with Crippen LogP contribution in [0.15, 0.2) is 4.99 Å². The van der Waals surface area contributed by atoms with Crippen molar-refractivity contribution in [3.63, 3.8) is 0 Å². The van der Waals surface area contributed by atoms with Gasteiger partial charge < -0.3 is 16.6 Å². The molecule has 0 saturated carbocycles. The number of hydrogen-bond donors (Lipinski definition) is 3. The molecule has 5 N–H and O–H groups in total. The summed E-state index contributed by atoms with van der Waals surface area (Å²) in [5.74, 6) is 1.75. The lowest BCUT2D eigenvalue weighted by Gasteiger charge is -2.04. The van der Waals surface area contributed by atoms with E-state index in [0.717, 1.165) is 17.9 Å². The molecule has 0 aromatic rings. The summed E-state index contributed by atoms with van der Waals surface area (Å²) in [6, 6.07) is -0.785. The van der Waals surface area contributed by atoms with Gasteiger partial charge in [0.2, 0.25) is 0 Å². The summed E-state index contributed by atoms with van der Waals surface area (Å²) >= 11 is 1.83. The third-order valence-corrected chi connectivity index (χ3v) is 2.91. The Bertz CT molecular complexity index is 243. The SMILES string of the molecule is CCSCCC(N)=NCCC[C@H](N)C(=O)O.Cl.Cl. The molecule has 0 aromatic carbocycles. The van der Waals surface area contributed by atoms with E-state index in [1.165, 1.54) is 0 Å².